The molecule has 1 aromatic heterocycles. The number of benzene rings is 2. The van der Waals surface area contributed by atoms with Crippen molar-refractivity contribution in [1.29, 1.82) is 0 Å². The first kappa shape index (κ1) is 20.2. The third-order valence-electron chi connectivity index (χ3n) is 5.79. The molecule has 0 spiro atoms. The minimum atomic E-state index is -0.0202. The van der Waals surface area contributed by atoms with Gasteiger partial charge in [0, 0.05) is 42.0 Å². The van der Waals surface area contributed by atoms with Crippen LogP contribution in [-0.4, -0.2) is 38.6 Å². The summed E-state index contributed by atoms with van der Waals surface area (Å²) < 4.78 is 1.80. The third kappa shape index (κ3) is 4.97. The highest BCUT2D eigenvalue weighted by Crippen LogP contribution is 2.29. The molecule has 1 heterocycles. The highest BCUT2D eigenvalue weighted by atomic mass is 16.2. The monoisotopic (exact) mass is 426 g/mol. The molecule has 2 aromatic carbocycles. The molecule has 0 aliphatic heterocycles. The van der Waals surface area contributed by atoms with Gasteiger partial charge in [-0.05, 0) is 61.6 Å². The van der Waals surface area contributed by atoms with Gasteiger partial charge < -0.3 is 10.2 Å². The van der Waals surface area contributed by atoms with E-state index < -0.39 is 0 Å². The normalized spacial score (nSPS) is 15.6. The Morgan fingerprint density at radius 3 is 2.47 bits per heavy atom. The van der Waals surface area contributed by atoms with Crippen LogP contribution in [0.25, 0.3) is 11.8 Å². The SMILES string of the molecule is O=C(NC1CC1)c1ccc(CN(C(=O)/C=C/c2cnn(-c3ccccc3)c2)C2CC2)cc1. The van der Waals surface area contributed by atoms with E-state index in [0.717, 1.165) is 42.5 Å². The van der Waals surface area contributed by atoms with E-state index in [2.05, 4.69) is 10.4 Å². The predicted octanol–water partition coefficient (Wildman–Crippen LogP) is 3.97. The molecule has 2 fully saturated rings. The fourth-order valence-corrected chi connectivity index (χ4v) is 3.64. The Hall–Kier alpha value is -3.67. The number of nitrogens with zero attached hydrogens (tertiary/aromatic N) is 3. The van der Waals surface area contributed by atoms with Crippen LogP contribution in [0, 0.1) is 0 Å². The van der Waals surface area contributed by atoms with E-state index in [4.69, 9.17) is 0 Å². The van der Waals surface area contributed by atoms with Crippen molar-refractivity contribution in [2.24, 2.45) is 0 Å². The Labute approximate surface area is 187 Å². The van der Waals surface area contributed by atoms with E-state index in [0.29, 0.717) is 18.2 Å². The summed E-state index contributed by atoms with van der Waals surface area (Å²) in [5, 5.41) is 7.38. The highest BCUT2D eigenvalue weighted by molar-refractivity contribution is 5.94. The van der Waals surface area contributed by atoms with Crippen molar-refractivity contribution in [3.63, 3.8) is 0 Å². The van der Waals surface area contributed by atoms with Gasteiger partial charge in [0.2, 0.25) is 5.91 Å². The van der Waals surface area contributed by atoms with Gasteiger partial charge in [0.25, 0.3) is 5.91 Å². The molecular weight excluding hydrogens is 400 g/mol. The molecule has 0 saturated heterocycles. The maximum Gasteiger partial charge on any atom is 0.251 e. The van der Waals surface area contributed by atoms with Crippen molar-refractivity contribution < 1.29 is 9.59 Å². The number of para-hydroxylation sites is 1. The highest BCUT2D eigenvalue weighted by Gasteiger charge is 2.31. The lowest BCUT2D eigenvalue weighted by Crippen LogP contribution is -2.31. The van der Waals surface area contributed by atoms with Crippen molar-refractivity contribution in [2.45, 2.75) is 44.3 Å². The van der Waals surface area contributed by atoms with Gasteiger partial charge >= 0.3 is 0 Å². The van der Waals surface area contributed by atoms with Gasteiger partial charge in [0.05, 0.1) is 11.9 Å². The van der Waals surface area contributed by atoms with Gasteiger partial charge in [-0.15, -0.1) is 0 Å². The molecule has 2 aliphatic rings. The molecular formula is C26H26N4O2. The molecule has 6 heteroatoms. The number of nitrogens with one attached hydrogen (secondary N) is 1. The Kier molecular flexibility index (Phi) is 5.58. The molecule has 0 radical (unpaired) electrons. The van der Waals surface area contributed by atoms with Crippen LogP contribution < -0.4 is 5.32 Å². The van der Waals surface area contributed by atoms with Crippen LogP contribution in [0.4, 0.5) is 0 Å². The smallest absolute Gasteiger partial charge is 0.251 e. The Morgan fingerprint density at radius 2 is 1.78 bits per heavy atom. The third-order valence-corrected chi connectivity index (χ3v) is 5.79. The Balaban J connectivity index is 1.23. The van der Waals surface area contributed by atoms with E-state index in [-0.39, 0.29) is 17.9 Å². The zero-order chi connectivity index (χ0) is 21.9. The van der Waals surface area contributed by atoms with Crippen molar-refractivity contribution in [1.82, 2.24) is 20.0 Å². The second-order valence-corrected chi connectivity index (χ2v) is 8.53. The summed E-state index contributed by atoms with van der Waals surface area (Å²) >= 11 is 0. The molecule has 2 aliphatic carbocycles. The molecule has 0 atom stereocenters. The summed E-state index contributed by atoms with van der Waals surface area (Å²) in [4.78, 5) is 27.0. The Morgan fingerprint density at radius 1 is 1.03 bits per heavy atom. The Bertz CT molecular complexity index is 1130. The minimum Gasteiger partial charge on any atom is -0.349 e. The van der Waals surface area contributed by atoms with E-state index in [9.17, 15) is 9.59 Å². The molecule has 2 amide bonds. The molecule has 5 rings (SSSR count). The van der Waals surface area contributed by atoms with Crippen LogP contribution in [0.1, 0.15) is 47.2 Å². The molecule has 2 saturated carbocycles. The fourth-order valence-electron chi connectivity index (χ4n) is 3.64. The lowest BCUT2D eigenvalue weighted by Gasteiger charge is -2.21. The van der Waals surface area contributed by atoms with E-state index in [1.807, 2.05) is 71.8 Å². The fraction of sp³-hybridized carbons (Fsp3) is 0.269. The van der Waals surface area contributed by atoms with E-state index in [1.165, 1.54) is 0 Å². The van der Waals surface area contributed by atoms with Crippen molar-refractivity contribution in [3.8, 4) is 5.69 Å². The minimum absolute atomic E-state index is 0.00415. The number of rotatable bonds is 8. The number of hydrogen-bond donors (Lipinski definition) is 1. The van der Waals surface area contributed by atoms with Crippen LogP contribution in [-0.2, 0) is 11.3 Å². The van der Waals surface area contributed by atoms with Crippen LogP contribution in [0.3, 0.4) is 0 Å². The second kappa shape index (κ2) is 8.83. The standard InChI is InChI=1S/C26H26N4O2/c31-25(15-8-20-16-27-30(18-20)24-4-2-1-3-5-24)29(23-13-14-23)17-19-6-9-21(10-7-19)26(32)28-22-11-12-22/h1-10,15-16,18,22-23H,11-14,17H2,(H,28,32)/b15-8+. The van der Waals surface area contributed by atoms with Gasteiger partial charge in [-0.2, -0.15) is 5.10 Å². The summed E-state index contributed by atoms with van der Waals surface area (Å²) in [6, 6.07) is 18.1. The summed E-state index contributed by atoms with van der Waals surface area (Å²) in [6.45, 7) is 0.543. The first-order valence-corrected chi connectivity index (χ1v) is 11.1. The lowest BCUT2D eigenvalue weighted by atomic mass is 10.1. The molecule has 162 valence electrons. The molecule has 32 heavy (non-hydrogen) atoms. The van der Waals surface area contributed by atoms with Crippen LogP contribution in [0.15, 0.2) is 73.1 Å². The van der Waals surface area contributed by atoms with E-state index >= 15 is 0 Å². The summed E-state index contributed by atoms with van der Waals surface area (Å²) in [5.74, 6) is -0.0244. The van der Waals surface area contributed by atoms with Crippen molar-refractivity contribution >= 4 is 17.9 Å². The van der Waals surface area contributed by atoms with Crippen LogP contribution >= 0.6 is 0 Å². The zero-order valence-electron chi connectivity index (χ0n) is 17.9. The molecule has 0 unspecified atom stereocenters. The second-order valence-electron chi connectivity index (χ2n) is 8.53. The first-order chi connectivity index (χ1) is 15.7. The maximum absolute atomic E-state index is 12.9. The van der Waals surface area contributed by atoms with Crippen molar-refractivity contribution in [2.75, 3.05) is 0 Å². The summed E-state index contributed by atoms with van der Waals surface area (Å²) in [6.07, 6.45) is 11.3. The zero-order valence-corrected chi connectivity index (χ0v) is 17.9. The van der Waals surface area contributed by atoms with E-state index in [1.54, 1.807) is 17.0 Å². The van der Waals surface area contributed by atoms with Gasteiger partial charge in [0.15, 0.2) is 0 Å². The van der Waals surface area contributed by atoms with Gasteiger partial charge in [0.1, 0.15) is 0 Å². The van der Waals surface area contributed by atoms with Gasteiger partial charge in [-0.25, -0.2) is 4.68 Å². The maximum atomic E-state index is 12.9. The van der Waals surface area contributed by atoms with Crippen molar-refractivity contribution in [3.05, 3.63) is 89.8 Å². The quantitative estimate of drug-likeness (QED) is 0.554. The van der Waals surface area contributed by atoms with Crippen LogP contribution in [0.2, 0.25) is 0 Å². The van der Waals surface area contributed by atoms with Gasteiger partial charge in [-0.1, -0.05) is 30.3 Å². The molecule has 3 aromatic rings. The molecule has 1 N–H and O–H groups in total. The topological polar surface area (TPSA) is 67.2 Å². The number of carbonyl (C=O) groups excluding carboxylic acids is 2. The number of aromatic nitrogens is 2. The average Bonchev–Trinajstić information content (AvgIpc) is 3.76. The first-order valence-electron chi connectivity index (χ1n) is 11.1. The number of amides is 2. The summed E-state index contributed by atoms with van der Waals surface area (Å²) in [7, 11) is 0. The summed E-state index contributed by atoms with van der Waals surface area (Å²) in [5.41, 5.74) is 3.55. The number of hydrogen-bond acceptors (Lipinski definition) is 3. The average molecular weight is 427 g/mol. The molecule has 6 nitrogen and oxygen atoms in total. The number of carbonyl (C=O) groups is 2. The molecule has 0 bridgehead atoms. The van der Waals surface area contributed by atoms with Gasteiger partial charge in [-0.3, -0.25) is 9.59 Å². The largest absolute Gasteiger partial charge is 0.349 e. The predicted molar refractivity (Wildman–Crippen MR) is 123 cm³/mol. The van der Waals surface area contributed by atoms with Crippen LogP contribution in [0.5, 0.6) is 0 Å². The lowest BCUT2D eigenvalue weighted by molar-refractivity contribution is -0.127.